The number of hydrogen-bond acceptors (Lipinski definition) is 5. The van der Waals surface area contributed by atoms with Crippen LogP contribution in [-0.2, 0) is 20.8 Å². The highest BCUT2D eigenvalue weighted by molar-refractivity contribution is 14.0. The maximum Gasteiger partial charge on any atom is 0.414 e. The first-order valence-corrected chi connectivity index (χ1v) is 10.4. The molecule has 172 valence electrons. The molecule has 31 heavy (non-hydrogen) atoms. The van der Waals surface area contributed by atoms with Crippen molar-refractivity contribution >= 4 is 47.6 Å². The molecule has 2 fully saturated rings. The molecule has 1 aromatic carbocycles. The summed E-state index contributed by atoms with van der Waals surface area (Å²) in [7, 11) is 3.45. The highest BCUT2D eigenvalue weighted by atomic mass is 127. The number of hydrogen-bond donors (Lipinski definition) is 2. The average Bonchev–Trinajstić information content (AvgIpc) is 3.19. The maximum atomic E-state index is 11.9. The highest BCUT2D eigenvalue weighted by Crippen LogP contribution is 2.19. The van der Waals surface area contributed by atoms with E-state index in [0.29, 0.717) is 32.2 Å². The summed E-state index contributed by atoms with van der Waals surface area (Å²) in [6, 6.07) is 7.67. The minimum absolute atomic E-state index is 0. The van der Waals surface area contributed by atoms with Crippen molar-refractivity contribution in [1.29, 1.82) is 0 Å². The van der Waals surface area contributed by atoms with Crippen LogP contribution in [0.5, 0.6) is 0 Å². The van der Waals surface area contributed by atoms with Crippen molar-refractivity contribution in [2.45, 2.75) is 31.9 Å². The Morgan fingerprint density at radius 1 is 1.19 bits per heavy atom. The van der Waals surface area contributed by atoms with Crippen LogP contribution in [0.4, 0.5) is 10.5 Å². The first-order chi connectivity index (χ1) is 14.5. The Morgan fingerprint density at radius 3 is 2.58 bits per heavy atom. The van der Waals surface area contributed by atoms with Crippen molar-refractivity contribution in [3.05, 3.63) is 29.8 Å². The van der Waals surface area contributed by atoms with E-state index in [1.165, 1.54) is 11.3 Å². The van der Waals surface area contributed by atoms with E-state index >= 15 is 0 Å². The van der Waals surface area contributed by atoms with Gasteiger partial charge in [0.05, 0.1) is 25.7 Å². The second-order valence-electron chi connectivity index (χ2n) is 7.61. The van der Waals surface area contributed by atoms with Gasteiger partial charge in [-0.1, -0.05) is 12.1 Å². The van der Waals surface area contributed by atoms with Gasteiger partial charge in [-0.05, 0) is 37.0 Å². The van der Waals surface area contributed by atoms with Gasteiger partial charge in [0.25, 0.3) is 0 Å². The lowest BCUT2D eigenvalue weighted by Gasteiger charge is -2.24. The third-order valence-corrected chi connectivity index (χ3v) is 5.11. The molecule has 2 aliphatic rings. The number of amides is 2. The number of cyclic esters (lactones) is 1. The molecule has 0 saturated carbocycles. The fourth-order valence-electron chi connectivity index (χ4n) is 3.25. The first kappa shape index (κ1) is 25.2. The minimum atomic E-state index is -0.313. The number of halogens is 1. The molecular weight excluding hydrogens is 513 g/mol. The molecule has 9 nitrogen and oxygen atoms in total. The van der Waals surface area contributed by atoms with E-state index in [1.807, 2.05) is 24.3 Å². The topological polar surface area (TPSA) is 95.5 Å². The Hall–Kier alpha value is -2.08. The van der Waals surface area contributed by atoms with Crippen molar-refractivity contribution in [1.82, 2.24) is 15.5 Å². The van der Waals surface area contributed by atoms with Crippen molar-refractivity contribution in [3.63, 3.8) is 0 Å². The molecule has 0 radical (unpaired) electrons. The summed E-state index contributed by atoms with van der Waals surface area (Å²) in [5.41, 5.74) is 1.81. The van der Waals surface area contributed by atoms with E-state index in [-0.39, 0.29) is 48.6 Å². The molecule has 2 amide bonds. The molecule has 3 rings (SSSR count). The number of likely N-dealkylation sites (N-methyl/N-ethyl adjacent to an activating group) is 1. The zero-order valence-electron chi connectivity index (χ0n) is 18.1. The predicted octanol–water partition coefficient (Wildman–Crippen LogP) is 1.95. The number of aliphatic imine (C=N–C) groups is 1. The van der Waals surface area contributed by atoms with Gasteiger partial charge in [-0.25, -0.2) is 9.79 Å². The summed E-state index contributed by atoms with van der Waals surface area (Å²) < 4.78 is 10.7. The lowest BCUT2D eigenvalue weighted by molar-refractivity contribution is -0.127. The SMILES string of the molecule is CN(C)C(=O)CNC(=NCc1ccc(N2CCOC2=O)cc1)NCC1CCCCO1.I. The maximum absolute atomic E-state index is 11.9. The van der Waals surface area contributed by atoms with E-state index in [9.17, 15) is 9.59 Å². The Bertz CT molecular complexity index is 751. The number of anilines is 1. The summed E-state index contributed by atoms with van der Waals surface area (Å²) >= 11 is 0. The summed E-state index contributed by atoms with van der Waals surface area (Å²) in [5, 5.41) is 6.39. The van der Waals surface area contributed by atoms with Crippen LogP contribution >= 0.6 is 24.0 Å². The number of carbonyl (C=O) groups excluding carboxylic acids is 2. The zero-order valence-corrected chi connectivity index (χ0v) is 20.5. The summed E-state index contributed by atoms with van der Waals surface area (Å²) in [5.74, 6) is 0.548. The number of benzene rings is 1. The van der Waals surface area contributed by atoms with Crippen molar-refractivity contribution < 1.29 is 19.1 Å². The van der Waals surface area contributed by atoms with Crippen LogP contribution in [0.15, 0.2) is 29.3 Å². The second kappa shape index (κ2) is 12.7. The lowest BCUT2D eigenvalue weighted by atomic mass is 10.1. The molecule has 0 spiro atoms. The fourth-order valence-corrected chi connectivity index (χ4v) is 3.25. The van der Waals surface area contributed by atoms with Gasteiger partial charge >= 0.3 is 6.09 Å². The van der Waals surface area contributed by atoms with E-state index in [1.54, 1.807) is 19.0 Å². The van der Waals surface area contributed by atoms with Crippen LogP contribution in [0, 0.1) is 0 Å². The fraction of sp³-hybridized carbons (Fsp3) is 0.571. The Labute approximate surface area is 200 Å². The monoisotopic (exact) mass is 545 g/mol. The molecule has 2 saturated heterocycles. The average molecular weight is 545 g/mol. The smallest absolute Gasteiger partial charge is 0.414 e. The highest BCUT2D eigenvalue weighted by Gasteiger charge is 2.23. The van der Waals surface area contributed by atoms with Crippen LogP contribution < -0.4 is 15.5 Å². The van der Waals surface area contributed by atoms with Crippen LogP contribution in [0.25, 0.3) is 0 Å². The number of ether oxygens (including phenoxy) is 2. The Balaban J connectivity index is 0.00000341. The molecule has 1 aromatic rings. The number of carbonyl (C=O) groups is 2. The van der Waals surface area contributed by atoms with Crippen LogP contribution in [0.1, 0.15) is 24.8 Å². The zero-order chi connectivity index (χ0) is 21.3. The van der Waals surface area contributed by atoms with Crippen LogP contribution in [0.3, 0.4) is 0 Å². The van der Waals surface area contributed by atoms with Gasteiger partial charge in [0.1, 0.15) is 6.61 Å². The molecule has 0 bridgehead atoms. The minimum Gasteiger partial charge on any atom is -0.447 e. The summed E-state index contributed by atoms with van der Waals surface area (Å²) in [6.07, 6.45) is 3.15. The quantitative estimate of drug-likeness (QED) is 0.309. The van der Waals surface area contributed by atoms with E-state index in [2.05, 4.69) is 15.6 Å². The largest absolute Gasteiger partial charge is 0.447 e. The number of guanidine groups is 1. The van der Waals surface area contributed by atoms with Crippen LogP contribution in [-0.4, -0.2) is 75.9 Å². The van der Waals surface area contributed by atoms with Crippen molar-refractivity contribution in [3.8, 4) is 0 Å². The van der Waals surface area contributed by atoms with Gasteiger partial charge in [-0.15, -0.1) is 24.0 Å². The first-order valence-electron chi connectivity index (χ1n) is 10.4. The van der Waals surface area contributed by atoms with E-state index < -0.39 is 0 Å². The third-order valence-electron chi connectivity index (χ3n) is 5.11. The molecule has 2 aliphatic heterocycles. The number of rotatable bonds is 7. The Kier molecular flexibility index (Phi) is 10.3. The van der Waals surface area contributed by atoms with Gasteiger partial charge in [0, 0.05) is 32.9 Å². The molecule has 1 atom stereocenters. The third kappa shape index (κ3) is 7.84. The van der Waals surface area contributed by atoms with E-state index in [4.69, 9.17) is 9.47 Å². The lowest BCUT2D eigenvalue weighted by Crippen LogP contribution is -2.45. The number of nitrogens with one attached hydrogen (secondary N) is 2. The molecule has 0 aromatic heterocycles. The number of nitrogens with zero attached hydrogens (tertiary/aromatic N) is 3. The van der Waals surface area contributed by atoms with Gasteiger partial charge in [-0.2, -0.15) is 0 Å². The standard InChI is InChI=1S/C21H31N5O4.HI/c1-25(2)19(27)15-24-20(23-14-18-5-3-4-11-29-18)22-13-16-6-8-17(9-7-16)26-10-12-30-21(26)28;/h6-9,18H,3-5,10-15H2,1-2H3,(H2,22,23,24);1H. The molecule has 2 N–H and O–H groups in total. The predicted molar refractivity (Wildman–Crippen MR) is 130 cm³/mol. The van der Waals surface area contributed by atoms with Crippen molar-refractivity contribution in [2.75, 3.05) is 51.8 Å². The van der Waals surface area contributed by atoms with E-state index in [0.717, 1.165) is 30.7 Å². The molecule has 1 unspecified atom stereocenters. The van der Waals surface area contributed by atoms with Gasteiger partial charge in [-0.3, -0.25) is 9.69 Å². The van der Waals surface area contributed by atoms with Crippen molar-refractivity contribution in [2.24, 2.45) is 4.99 Å². The summed E-state index contributed by atoms with van der Waals surface area (Å²) in [6.45, 7) is 3.04. The molecule has 0 aliphatic carbocycles. The second-order valence-corrected chi connectivity index (χ2v) is 7.61. The normalized spacial score (nSPS) is 18.8. The van der Waals surface area contributed by atoms with Gasteiger partial charge in [0.15, 0.2) is 5.96 Å². The summed E-state index contributed by atoms with van der Waals surface area (Å²) in [4.78, 5) is 31.4. The molecular formula is C21H32IN5O4. The van der Waals surface area contributed by atoms with Crippen LogP contribution in [0.2, 0.25) is 0 Å². The van der Waals surface area contributed by atoms with Gasteiger partial charge < -0.3 is 25.0 Å². The molecule has 10 heteroatoms. The molecule has 2 heterocycles. The Morgan fingerprint density at radius 2 is 1.97 bits per heavy atom. The van der Waals surface area contributed by atoms with Gasteiger partial charge in [0.2, 0.25) is 5.91 Å².